The summed E-state index contributed by atoms with van der Waals surface area (Å²) in [6.07, 6.45) is 7.06. The second-order valence-electron chi connectivity index (χ2n) is 7.79. The molecule has 1 saturated carbocycles. The van der Waals surface area contributed by atoms with Crippen LogP contribution in [0.3, 0.4) is 0 Å². The van der Waals surface area contributed by atoms with Gasteiger partial charge in [-0.05, 0) is 75.6 Å². The lowest BCUT2D eigenvalue weighted by molar-refractivity contribution is -0.0258. The molecule has 2 aliphatic heterocycles. The van der Waals surface area contributed by atoms with Gasteiger partial charge in [-0.25, -0.2) is 0 Å². The van der Waals surface area contributed by atoms with Crippen molar-refractivity contribution in [1.29, 1.82) is 0 Å². The Hall–Kier alpha value is -0.900. The normalized spacial score (nSPS) is 36.6. The van der Waals surface area contributed by atoms with Crippen molar-refractivity contribution >= 4 is 0 Å². The summed E-state index contributed by atoms with van der Waals surface area (Å²) in [4.78, 5) is 2.58. The summed E-state index contributed by atoms with van der Waals surface area (Å²) in [5, 5.41) is 14.4. The maximum absolute atomic E-state index is 10.7. The third kappa shape index (κ3) is 3.33. The number of nitrogens with zero attached hydrogens (tertiary/aromatic N) is 1. The lowest BCUT2D eigenvalue weighted by Gasteiger charge is -2.48. The van der Waals surface area contributed by atoms with E-state index >= 15 is 0 Å². The average molecular weight is 314 g/mol. The number of aliphatic hydroxyl groups excluding tert-OH is 1. The summed E-state index contributed by atoms with van der Waals surface area (Å²) < 4.78 is 0. The molecule has 2 saturated heterocycles. The number of benzene rings is 1. The van der Waals surface area contributed by atoms with Crippen LogP contribution in [0.2, 0.25) is 0 Å². The summed E-state index contributed by atoms with van der Waals surface area (Å²) in [6, 6.07) is 12.0. The molecule has 0 amide bonds. The van der Waals surface area contributed by atoms with Crippen LogP contribution in [0.15, 0.2) is 30.3 Å². The molecule has 4 atom stereocenters. The van der Waals surface area contributed by atoms with Gasteiger partial charge >= 0.3 is 0 Å². The number of aliphatic hydroxyl groups is 1. The van der Waals surface area contributed by atoms with Crippen LogP contribution in [0.5, 0.6) is 0 Å². The Balaban J connectivity index is 1.36. The Morgan fingerprint density at radius 1 is 1.00 bits per heavy atom. The maximum Gasteiger partial charge on any atom is 0.0699 e. The zero-order valence-corrected chi connectivity index (χ0v) is 14.0. The first kappa shape index (κ1) is 15.6. The third-order valence-electron chi connectivity index (χ3n) is 6.48. The van der Waals surface area contributed by atoms with Crippen molar-refractivity contribution in [2.45, 2.75) is 62.6 Å². The number of hydrogen-bond donors (Lipinski definition) is 2. The van der Waals surface area contributed by atoms with E-state index in [1.807, 2.05) is 0 Å². The van der Waals surface area contributed by atoms with Crippen LogP contribution in [0.1, 0.15) is 50.0 Å². The zero-order valence-electron chi connectivity index (χ0n) is 14.0. The van der Waals surface area contributed by atoms with E-state index in [-0.39, 0.29) is 6.10 Å². The quantitative estimate of drug-likeness (QED) is 0.881. The number of likely N-dealkylation sites (tertiary alicyclic amines) is 1. The van der Waals surface area contributed by atoms with Gasteiger partial charge in [0, 0.05) is 12.1 Å². The molecule has 0 aromatic heterocycles. The molecular weight excluding hydrogens is 284 g/mol. The first-order chi connectivity index (χ1) is 11.3. The SMILES string of the molecule is O[C@@H]1CC2CCCNC2C[C@H]1N1CCC(c2ccccc2)CC1. The van der Waals surface area contributed by atoms with Gasteiger partial charge in [0.1, 0.15) is 0 Å². The summed E-state index contributed by atoms with van der Waals surface area (Å²) in [5.74, 6) is 1.41. The monoisotopic (exact) mass is 314 g/mol. The van der Waals surface area contributed by atoms with Gasteiger partial charge in [-0.3, -0.25) is 4.90 Å². The molecule has 3 aliphatic rings. The number of hydrogen-bond acceptors (Lipinski definition) is 3. The number of nitrogens with one attached hydrogen (secondary N) is 1. The molecule has 2 heterocycles. The van der Waals surface area contributed by atoms with Crippen LogP contribution >= 0.6 is 0 Å². The van der Waals surface area contributed by atoms with Gasteiger partial charge in [0.05, 0.1) is 6.10 Å². The van der Waals surface area contributed by atoms with Gasteiger partial charge in [-0.1, -0.05) is 30.3 Å². The Morgan fingerprint density at radius 3 is 2.57 bits per heavy atom. The molecule has 2 unspecified atom stereocenters. The van der Waals surface area contributed by atoms with Gasteiger partial charge < -0.3 is 10.4 Å². The predicted molar refractivity (Wildman–Crippen MR) is 93.5 cm³/mol. The van der Waals surface area contributed by atoms with E-state index in [0.717, 1.165) is 25.9 Å². The molecule has 1 aliphatic carbocycles. The Morgan fingerprint density at radius 2 is 1.78 bits per heavy atom. The van der Waals surface area contributed by atoms with Crippen molar-refractivity contribution in [3.63, 3.8) is 0 Å². The van der Waals surface area contributed by atoms with Crippen molar-refractivity contribution in [1.82, 2.24) is 10.2 Å². The highest BCUT2D eigenvalue weighted by molar-refractivity contribution is 5.20. The van der Waals surface area contributed by atoms with Crippen LogP contribution in [0, 0.1) is 5.92 Å². The fourth-order valence-corrected chi connectivity index (χ4v) is 5.14. The molecular formula is C20H30N2O. The highest BCUT2D eigenvalue weighted by atomic mass is 16.3. The molecule has 1 aromatic carbocycles. The Kier molecular flexibility index (Phi) is 4.70. The largest absolute Gasteiger partial charge is 0.391 e. The molecule has 0 radical (unpaired) electrons. The lowest BCUT2D eigenvalue weighted by atomic mass is 9.75. The number of piperidine rings is 2. The molecule has 0 spiro atoms. The number of rotatable bonds is 2. The molecule has 1 aromatic rings. The lowest BCUT2D eigenvalue weighted by Crippen LogP contribution is -2.57. The molecule has 0 bridgehead atoms. The van der Waals surface area contributed by atoms with E-state index in [1.54, 1.807) is 0 Å². The second-order valence-corrected chi connectivity index (χ2v) is 7.79. The Bertz CT molecular complexity index is 498. The topological polar surface area (TPSA) is 35.5 Å². The minimum Gasteiger partial charge on any atom is -0.391 e. The minimum absolute atomic E-state index is 0.121. The molecule has 23 heavy (non-hydrogen) atoms. The molecule has 3 heteroatoms. The van der Waals surface area contributed by atoms with E-state index in [0.29, 0.717) is 23.9 Å². The average Bonchev–Trinajstić information content (AvgIpc) is 2.62. The van der Waals surface area contributed by atoms with Crippen LogP contribution in [0.25, 0.3) is 0 Å². The fraction of sp³-hybridized carbons (Fsp3) is 0.700. The predicted octanol–water partition coefficient (Wildman–Crippen LogP) is 2.76. The van der Waals surface area contributed by atoms with Crippen molar-refractivity contribution in [3.8, 4) is 0 Å². The van der Waals surface area contributed by atoms with Crippen molar-refractivity contribution in [2.24, 2.45) is 5.92 Å². The fourth-order valence-electron chi connectivity index (χ4n) is 5.14. The highest BCUT2D eigenvalue weighted by Crippen LogP contribution is 2.36. The standard InChI is InChI=1S/C20H30N2O/c23-20-13-17-7-4-10-21-18(17)14-19(20)22-11-8-16(9-12-22)15-5-2-1-3-6-15/h1-3,5-6,16-21,23H,4,7-14H2/t17?,18?,19-,20-/m1/s1. The van der Waals surface area contributed by atoms with Crippen LogP contribution in [0.4, 0.5) is 0 Å². The number of fused-ring (bicyclic) bond motifs is 1. The summed E-state index contributed by atoms with van der Waals surface area (Å²) in [7, 11) is 0. The summed E-state index contributed by atoms with van der Waals surface area (Å²) >= 11 is 0. The van der Waals surface area contributed by atoms with Crippen LogP contribution in [-0.4, -0.2) is 47.8 Å². The summed E-state index contributed by atoms with van der Waals surface area (Å²) in [5.41, 5.74) is 1.49. The van der Waals surface area contributed by atoms with Crippen molar-refractivity contribution < 1.29 is 5.11 Å². The van der Waals surface area contributed by atoms with Crippen molar-refractivity contribution in [2.75, 3.05) is 19.6 Å². The van der Waals surface area contributed by atoms with Gasteiger partial charge in [0.25, 0.3) is 0 Å². The van der Waals surface area contributed by atoms with E-state index < -0.39 is 0 Å². The smallest absolute Gasteiger partial charge is 0.0699 e. The van der Waals surface area contributed by atoms with Gasteiger partial charge in [0.15, 0.2) is 0 Å². The minimum atomic E-state index is -0.121. The van der Waals surface area contributed by atoms with Crippen LogP contribution in [-0.2, 0) is 0 Å². The molecule has 3 fully saturated rings. The van der Waals surface area contributed by atoms with Gasteiger partial charge in [0.2, 0.25) is 0 Å². The third-order valence-corrected chi connectivity index (χ3v) is 6.48. The van der Waals surface area contributed by atoms with E-state index in [1.165, 1.54) is 37.8 Å². The van der Waals surface area contributed by atoms with Gasteiger partial charge in [-0.15, -0.1) is 0 Å². The molecule has 126 valence electrons. The van der Waals surface area contributed by atoms with E-state index in [9.17, 15) is 5.11 Å². The summed E-state index contributed by atoms with van der Waals surface area (Å²) in [6.45, 7) is 3.44. The van der Waals surface area contributed by atoms with E-state index in [4.69, 9.17) is 0 Å². The first-order valence-corrected chi connectivity index (χ1v) is 9.51. The maximum atomic E-state index is 10.7. The molecule has 4 rings (SSSR count). The molecule has 2 N–H and O–H groups in total. The zero-order chi connectivity index (χ0) is 15.6. The van der Waals surface area contributed by atoms with Gasteiger partial charge in [-0.2, -0.15) is 0 Å². The highest BCUT2D eigenvalue weighted by Gasteiger charge is 2.40. The molecule has 3 nitrogen and oxygen atoms in total. The van der Waals surface area contributed by atoms with E-state index in [2.05, 4.69) is 40.5 Å². The van der Waals surface area contributed by atoms with Crippen LogP contribution < -0.4 is 5.32 Å². The van der Waals surface area contributed by atoms with Crippen molar-refractivity contribution in [3.05, 3.63) is 35.9 Å². The Labute approximate surface area is 140 Å². The first-order valence-electron chi connectivity index (χ1n) is 9.51. The second kappa shape index (κ2) is 6.92.